The summed E-state index contributed by atoms with van der Waals surface area (Å²) in [5, 5.41) is 7.40. The fourth-order valence-electron chi connectivity index (χ4n) is 3.12. The van der Waals surface area contributed by atoms with Crippen molar-refractivity contribution >= 4 is 5.91 Å². The molecule has 0 aliphatic carbocycles. The molecule has 6 heteroatoms. The summed E-state index contributed by atoms with van der Waals surface area (Å²) in [5.41, 5.74) is 2.75. The number of carbonyl (C=O) groups excluding carboxylic acids is 1. The van der Waals surface area contributed by atoms with E-state index in [1.165, 1.54) is 0 Å². The second kappa shape index (κ2) is 7.70. The molecule has 3 rings (SSSR count). The average Bonchev–Trinajstić information content (AvgIpc) is 3.03. The Morgan fingerprint density at radius 2 is 1.92 bits per heavy atom. The number of benzene rings is 1. The Morgan fingerprint density at radius 3 is 2.60 bits per heavy atom. The quantitative estimate of drug-likeness (QED) is 0.906. The van der Waals surface area contributed by atoms with Crippen LogP contribution in [0.3, 0.4) is 0 Å². The molecular formula is C19H26N4O2. The van der Waals surface area contributed by atoms with Crippen LogP contribution in [0.4, 0.5) is 0 Å². The molecular weight excluding hydrogens is 316 g/mol. The molecule has 1 N–H and O–H groups in total. The van der Waals surface area contributed by atoms with Crippen molar-refractivity contribution in [3.63, 3.8) is 0 Å². The molecule has 0 atom stereocenters. The Balaban J connectivity index is 1.53. The summed E-state index contributed by atoms with van der Waals surface area (Å²) >= 11 is 0. The molecule has 1 aliphatic rings. The number of piperidine rings is 1. The molecule has 1 aromatic heterocycles. The molecule has 1 aromatic carbocycles. The van der Waals surface area contributed by atoms with E-state index < -0.39 is 0 Å². The maximum atomic E-state index is 12.3. The van der Waals surface area contributed by atoms with Gasteiger partial charge in [0.2, 0.25) is 0 Å². The molecule has 0 unspecified atom stereocenters. The van der Waals surface area contributed by atoms with Gasteiger partial charge in [-0.2, -0.15) is 5.10 Å². The van der Waals surface area contributed by atoms with Gasteiger partial charge >= 0.3 is 0 Å². The summed E-state index contributed by atoms with van der Waals surface area (Å²) in [6, 6.07) is 8.05. The van der Waals surface area contributed by atoms with E-state index in [0.717, 1.165) is 42.8 Å². The summed E-state index contributed by atoms with van der Waals surface area (Å²) in [6.07, 6.45) is 3.74. The van der Waals surface area contributed by atoms with Gasteiger partial charge in [-0.15, -0.1) is 0 Å². The average molecular weight is 342 g/mol. The summed E-state index contributed by atoms with van der Waals surface area (Å²) in [5.74, 6) is 0.699. The van der Waals surface area contributed by atoms with Gasteiger partial charge in [0.05, 0.1) is 0 Å². The maximum Gasteiger partial charge on any atom is 0.271 e. The first-order valence-corrected chi connectivity index (χ1v) is 8.73. The second-order valence-electron chi connectivity index (χ2n) is 6.89. The van der Waals surface area contributed by atoms with Crippen molar-refractivity contribution in [3.05, 3.63) is 47.3 Å². The van der Waals surface area contributed by atoms with Crippen molar-refractivity contribution < 1.29 is 9.53 Å². The van der Waals surface area contributed by atoms with Gasteiger partial charge < -0.3 is 15.0 Å². The van der Waals surface area contributed by atoms with Crippen molar-refractivity contribution in [1.82, 2.24) is 20.0 Å². The number of carbonyl (C=O) groups is 1. The van der Waals surface area contributed by atoms with Crippen molar-refractivity contribution in [1.29, 1.82) is 0 Å². The summed E-state index contributed by atoms with van der Waals surface area (Å²) < 4.78 is 7.41. The van der Waals surface area contributed by atoms with Gasteiger partial charge in [-0.3, -0.25) is 4.79 Å². The number of nitrogens with one attached hydrogen (secondary N) is 1. The van der Waals surface area contributed by atoms with E-state index in [-0.39, 0.29) is 18.7 Å². The number of ether oxygens (including phenoxy) is 1. The number of likely N-dealkylation sites (tertiary alicyclic amines) is 1. The van der Waals surface area contributed by atoms with Gasteiger partial charge in [-0.1, -0.05) is 6.07 Å². The minimum atomic E-state index is -0.111. The summed E-state index contributed by atoms with van der Waals surface area (Å²) in [6.45, 7) is 6.40. The van der Waals surface area contributed by atoms with Gasteiger partial charge in [-0.25, -0.2) is 4.68 Å². The lowest BCUT2D eigenvalue weighted by Gasteiger charge is -2.29. The highest BCUT2D eigenvalue weighted by Crippen LogP contribution is 2.16. The smallest absolute Gasteiger partial charge is 0.271 e. The Morgan fingerprint density at radius 1 is 1.24 bits per heavy atom. The third-order valence-electron chi connectivity index (χ3n) is 4.49. The Hall–Kier alpha value is -2.34. The van der Waals surface area contributed by atoms with Crippen LogP contribution in [0.15, 0.2) is 30.5 Å². The van der Waals surface area contributed by atoms with Gasteiger partial charge in [0, 0.05) is 12.2 Å². The summed E-state index contributed by atoms with van der Waals surface area (Å²) in [7, 11) is 2.11. The Labute approximate surface area is 148 Å². The highest BCUT2D eigenvalue weighted by atomic mass is 16.5. The molecule has 2 aromatic rings. The zero-order valence-corrected chi connectivity index (χ0v) is 15.2. The van der Waals surface area contributed by atoms with E-state index in [4.69, 9.17) is 4.74 Å². The molecule has 0 radical (unpaired) electrons. The molecule has 1 saturated heterocycles. The lowest BCUT2D eigenvalue weighted by Crippen LogP contribution is -2.43. The second-order valence-corrected chi connectivity index (χ2v) is 6.89. The fraction of sp³-hybridized carbons (Fsp3) is 0.474. The predicted octanol–water partition coefficient (Wildman–Crippen LogP) is 2.36. The van der Waals surface area contributed by atoms with Crippen LogP contribution in [0.5, 0.6) is 5.75 Å². The van der Waals surface area contributed by atoms with Crippen LogP contribution in [0.25, 0.3) is 0 Å². The molecule has 1 amide bonds. The molecule has 1 fully saturated rings. The monoisotopic (exact) mass is 342 g/mol. The fourth-order valence-corrected chi connectivity index (χ4v) is 3.12. The number of hydrogen-bond donors (Lipinski definition) is 1. The third kappa shape index (κ3) is 4.82. The first-order chi connectivity index (χ1) is 12.0. The molecule has 1 aliphatic heterocycles. The van der Waals surface area contributed by atoms with Crippen molar-refractivity contribution in [2.75, 3.05) is 20.1 Å². The maximum absolute atomic E-state index is 12.3. The molecule has 0 bridgehead atoms. The zero-order chi connectivity index (χ0) is 17.8. The van der Waals surface area contributed by atoms with Crippen LogP contribution >= 0.6 is 0 Å². The lowest BCUT2D eigenvalue weighted by atomic mass is 10.1. The Kier molecular flexibility index (Phi) is 5.38. The molecule has 25 heavy (non-hydrogen) atoms. The Bertz CT molecular complexity index is 713. The van der Waals surface area contributed by atoms with E-state index in [0.29, 0.717) is 5.69 Å². The topological polar surface area (TPSA) is 59.4 Å². The number of rotatable bonds is 5. The largest absolute Gasteiger partial charge is 0.471 e. The van der Waals surface area contributed by atoms with E-state index in [1.807, 2.05) is 26.0 Å². The SMILES string of the molecule is Cc1cc(C)cc(OCn2ccc(C(=O)NC3CCN(C)CC3)n2)c1. The highest BCUT2D eigenvalue weighted by Gasteiger charge is 2.20. The van der Waals surface area contributed by atoms with E-state index in [9.17, 15) is 4.79 Å². The predicted molar refractivity (Wildman–Crippen MR) is 96.8 cm³/mol. The van der Waals surface area contributed by atoms with Gasteiger partial charge in [0.15, 0.2) is 6.73 Å². The lowest BCUT2D eigenvalue weighted by molar-refractivity contribution is 0.0909. The van der Waals surface area contributed by atoms with Gasteiger partial charge in [-0.05, 0) is 76.2 Å². The number of aryl methyl sites for hydroxylation is 2. The first-order valence-electron chi connectivity index (χ1n) is 8.73. The van der Waals surface area contributed by atoms with Crippen molar-refractivity contribution in [2.24, 2.45) is 0 Å². The van der Waals surface area contributed by atoms with E-state index in [2.05, 4.69) is 28.4 Å². The van der Waals surface area contributed by atoms with Crippen LogP contribution in [0.1, 0.15) is 34.5 Å². The molecule has 2 heterocycles. The van der Waals surface area contributed by atoms with Gasteiger partial charge in [0.1, 0.15) is 11.4 Å². The van der Waals surface area contributed by atoms with Crippen LogP contribution in [0.2, 0.25) is 0 Å². The molecule has 6 nitrogen and oxygen atoms in total. The molecule has 134 valence electrons. The highest BCUT2D eigenvalue weighted by molar-refractivity contribution is 5.92. The van der Waals surface area contributed by atoms with E-state index >= 15 is 0 Å². The minimum absolute atomic E-state index is 0.111. The normalized spacial score (nSPS) is 16.0. The number of amides is 1. The van der Waals surface area contributed by atoms with Crippen molar-refractivity contribution in [3.8, 4) is 5.75 Å². The first kappa shape index (κ1) is 17.5. The zero-order valence-electron chi connectivity index (χ0n) is 15.2. The number of aromatic nitrogens is 2. The van der Waals surface area contributed by atoms with Gasteiger partial charge in [0.25, 0.3) is 5.91 Å². The number of nitrogens with zero attached hydrogens (tertiary/aromatic N) is 3. The van der Waals surface area contributed by atoms with Crippen LogP contribution in [-0.4, -0.2) is 46.8 Å². The molecule has 0 spiro atoms. The standard InChI is InChI=1S/C19H26N4O2/c1-14-10-15(2)12-17(11-14)25-13-23-9-6-18(21-23)19(24)20-16-4-7-22(3)8-5-16/h6,9-12,16H,4-5,7-8,13H2,1-3H3,(H,20,24). The molecule has 0 saturated carbocycles. The van der Waals surface area contributed by atoms with Crippen LogP contribution in [-0.2, 0) is 6.73 Å². The third-order valence-corrected chi connectivity index (χ3v) is 4.49. The summed E-state index contributed by atoms with van der Waals surface area (Å²) in [4.78, 5) is 14.6. The number of hydrogen-bond acceptors (Lipinski definition) is 4. The minimum Gasteiger partial charge on any atom is -0.471 e. The van der Waals surface area contributed by atoms with Crippen molar-refractivity contribution in [2.45, 2.75) is 39.5 Å². The van der Waals surface area contributed by atoms with Crippen LogP contribution in [0, 0.1) is 13.8 Å². The van der Waals surface area contributed by atoms with Crippen LogP contribution < -0.4 is 10.1 Å². The van der Waals surface area contributed by atoms with E-state index in [1.54, 1.807) is 16.9 Å².